The van der Waals surface area contributed by atoms with E-state index in [2.05, 4.69) is 32.7 Å². The fourth-order valence-corrected chi connectivity index (χ4v) is 3.91. The number of aliphatic hydroxyl groups excluding tert-OH is 1. The zero-order valence-electron chi connectivity index (χ0n) is 15.1. The molecular weight excluding hydrogens is 316 g/mol. The van der Waals surface area contributed by atoms with Gasteiger partial charge in [-0.3, -0.25) is 0 Å². The van der Waals surface area contributed by atoms with E-state index in [0.717, 1.165) is 57.4 Å². The number of hydrogen-bond acceptors (Lipinski definition) is 4. The molecule has 6 nitrogen and oxygen atoms in total. The van der Waals surface area contributed by atoms with Crippen LogP contribution in [0.15, 0.2) is 18.3 Å². The van der Waals surface area contributed by atoms with Crippen LogP contribution in [-0.2, 0) is 0 Å². The second-order valence-corrected chi connectivity index (χ2v) is 7.41. The highest BCUT2D eigenvalue weighted by molar-refractivity contribution is 5.74. The average Bonchev–Trinajstić information content (AvgIpc) is 2.63. The van der Waals surface area contributed by atoms with Crippen LogP contribution in [0.3, 0.4) is 0 Å². The predicted octanol–water partition coefficient (Wildman–Crippen LogP) is 2.21. The van der Waals surface area contributed by atoms with E-state index in [1.165, 1.54) is 5.56 Å². The van der Waals surface area contributed by atoms with Gasteiger partial charge in [0.1, 0.15) is 5.82 Å². The number of amides is 2. The van der Waals surface area contributed by atoms with Crippen LogP contribution in [0.1, 0.15) is 44.1 Å². The Morgan fingerprint density at radius 1 is 1.20 bits per heavy atom. The Morgan fingerprint density at radius 2 is 1.96 bits per heavy atom. The molecule has 1 aromatic rings. The molecule has 3 rings (SSSR count). The number of aliphatic hydroxyl groups is 1. The summed E-state index contributed by atoms with van der Waals surface area (Å²) >= 11 is 0. The third-order valence-electron chi connectivity index (χ3n) is 5.51. The van der Waals surface area contributed by atoms with Gasteiger partial charge in [-0.15, -0.1) is 0 Å². The zero-order chi connectivity index (χ0) is 17.6. The SMILES string of the molecule is Cc1ccc(N2CCC(NC(=O)NC3CCCCC3CO)CC2)nc1. The Morgan fingerprint density at radius 3 is 2.64 bits per heavy atom. The molecule has 2 fully saturated rings. The first-order valence-corrected chi connectivity index (χ1v) is 9.51. The molecule has 0 radical (unpaired) electrons. The van der Waals surface area contributed by atoms with Gasteiger partial charge >= 0.3 is 6.03 Å². The Labute approximate surface area is 150 Å². The second kappa shape index (κ2) is 8.52. The van der Waals surface area contributed by atoms with Gasteiger partial charge in [-0.05, 0) is 44.2 Å². The van der Waals surface area contributed by atoms with Crippen LogP contribution >= 0.6 is 0 Å². The summed E-state index contributed by atoms with van der Waals surface area (Å²) in [6, 6.07) is 4.38. The van der Waals surface area contributed by atoms with E-state index in [1.807, 2.05) is 13.1 Å². The maximum Gasteiger partial charge on any atom is 0.315 e. The quantitative estimate of drug-likeness (QED) is 0.781. The summed E-state index contributed by atoms with van der Waals surface area (Å²) in [6.45, 7) is 4.01. The maximum absolute atomic E-state index is 12.3. The molecule has 2 atom stereocenters. The summed E-state index contributed by atoms with van der Waals surface area (Å²) in [4.78, 5) is 19.1. The first kappa shape index (κ1) is 18.0. The van der Waals surface area contributed by atoms with Crippen molar-refractivity contribution < 1.29 is 9.90 Å². The number of piperidine rings is 1. The van der Waals surface area contributed by atoms with Crippen molar-refractivity contribution in [3.8, 4) is 0 Å². The molecule has 2 aliphatic rings. The normalized spacial score (nSPS) is 24.8. The van der Waals surface area contributed by atoms with Crippen LogP contribution in [0, 0.1) is 12.8 Å². The summed E-state index contributed by atoms with van der Waals surface area (Å²) in [7, 11) is 0. The average molecular weight is 346 g/mol. The van der Waals surface area contributed by atoms with E-state index in [9.17, 15) is 9.90 Å². The zero-order valence-corrected chi connectivity index (χ0v) is 15.1. The van der Waals surface area contributed by atoms with Gasteiger partial charge < -0.3 is 20.6 Å². The van der Waals surface area contributed by atoms with Crippen molar-refractivity contribution >= 4 is 11.8 Å². The largest absolute Gasteiger partial charge is 0.396 e. The van der Waals surface area contributed by atoms with E-state index in [-0.39, 0.29) is 30.6 Å². The molecule has 1 aliphatic carbocycles. The number of nitrogens with one attached hydrogen (secondary N) is 2. The second-order valence-electron chi connectivity index (χ2n) is 7.41. The van der Waals surface area contributed by atoms with Gasteiger partial charge in [0, 0.05) is 43.9 Å². The molecule has 1 saturated heterocycles. The van der Waals surface area contributed by atoms with E-state index >= 15 is 0 Å². The van der Waals surface area contributed by atoms with Crippen LogP contribution < -0.4 is 15.5 Å². The van der Waals surface area contributed by atoms with Crippen molar-refractivity contribution in [1.29, 1.82) is 0 Å². The lowest BCUT2D eigenvalue weighted by Crippen LogP contribution is -2.52. The van der Waals surface area contributed by atoms with Crippen LogP contribution in [0.25, 0.3) is 0 Å². The van der Waals surface area contributed by atoms with Gasteiger partial charge in [0.25, 0.3) is 0 Å². The minimum Gasteiger partial charge on any atom is -0.396 e. The first-order valence-electron chi connectivity index (χ1n) is 9.51. The highest BCUT2D eigenvalue weighted by atomic mass is 16.3. The highest BCUT2D eigenvalue weighted by Crippen LogP contribution is 2.24. The molecule has 1 aromatic heterocycles. The summed E-state index contributed by atoms with van der Waals surface area (Å²) in [5, 5.41) is 15.7. The number of hydrogen-bond donors (Lipinski definition) is 3. The Balaban J connectivity index is 1.43. The van der Waals surface area contributed by atoms with Gasteiger partial charge in [0.05, 0.1) is 0 Å². The van der Waals surface area contributed by atoms with Gasteiger partial charge in [-0.1, -0.05) is 18.9 Å². The monoisotopic (exact) mass is 346 g/mol. The number of anilines is 1. The molecule has 1 saturated carbocycles. The number of pyridine rings is 1. The van der Waals surface area contributed by atoms with Gasteiger partial charge in [0.15, 0.2) is 0 Å². The van der Waals surface area contributed by atoms with Crippen molar-refractivity contribution in [3.63, 3.8) is 0 Å². The van der Waals surface area contributed by atoms with Crippen LogP contribution in [0.5, 0.6) is 0 Å². The number of rotatable bonds is 4. The van der Waals surface area contributed by atoms with Crippen LogP contribution in [0.4, 0.5) is 10.6 Å². The number of urea groups is 1. The fraction of sp³-hybridized carbons (Fsp3) is 0.684. The summed E-state index contributed by atoms with van der Waals surface area (Å²) in [5.41, 5.74) is 1.17. The minimum atomic E-state index is -0.0859. The topological polar surface area (TPSA) is 77.5 Å². The molecule has 1 aliphatic heterocycles. The Bertz CT molecular complexity index is 555. The lowest BCUT2D eigenvalue weighted by molar-refractivity contribution is 0.153. The van der Waals surface area contributed by atoms with Gasteiger partial charge in [-0.2, -0.15) is 0 Å². The third-order valence-corrected chi connectivity index (χ3v) is 5.51. The van der Waals surface area contributed by atoms with Crippen molar-refractivity contribution in [1.82, 2.24) is 15.6 Å². The standard InChI is InChI=1S/C19H30N4O2/c1-14-6-7-18(20-12-14)23-10-8-16(9-11-23)21-19(25)22-17-5-3-2-4-15(17)13-24/h6-7,12,15-17,24H,2-5,8-11,13H2,1H3,(H2,21,22,25). The van der Waals surface area contributed by atoms with Gasteiger partial charge in [-0.25, -0.2) is 9.78 Å². The molecule has 2 heterocycles. The predicted molar refractivity (Wildman–Crippen MR) is 98.7 cm³/mol. The highest BCUT2D eigenvalue weighted by Gasteiger charge is 2.27. The van der Waals surface area contributed by atoms with E-state index in [0.29, 0.717) is 0 Å². The van der Waals surface area contributed by atoms with E-state index in [1.54, 1.807) is 0 Å². The summed E-state index contributed by atoms with van der Waals surface area (Å²) in [5.74, 6) is 1.22. The van der Waals surface area contributed by atoms with Crippen molar-refractivity contribution in [3.05, 3.63) is 23.9 Å². The smallest absolute Gasteiger partial charge is 0.315 e. The molecule has 25 heavy (non-hydrogen) atoms. The number of carbonyl (C=O) groups is 1. The summed E-state index contributed by atoms with van der Waals surface area (Å²) < 4.78 is 0. The van der Waals surface area contributed by atoms with Crippen LogP contribution in [0.2, 0.25) is 0 Å². The number of aryl methyl sites for hydroxylation is 1. The maximum atomic E-state index is 12.3. The molecule has 2 amide bonds. The lowest BCUT2D eigenvalue weighted by atomic mass is 9.85. The molecule has 6 heteroatoms. The molecule has 2 unspecified atom stereocenters. The molecule has 138 valence electrons. The third kappa shape index (κ3) is 4.84. The minimum absolute atomic E-state index is 0.0859. The number of aromatic nitrogens is 1. The van der Waals surface area contributed by atoms with Crippen molar-refractivity contribution in [2.75, 3.05) is 24.6 Å². The van der Waals surface area contributed by atoms with Crippen molar-refractivity contribution in [2.45, 2.75) is 57.5 Å². The van der Waals surface area contributed by atoms with Gasteiger partial charge in [0.2, 0.25) is 0 Å². The van der Waals surface area contributed by atoms with E-state index < -0.39 is 0 Å². The number of carbonyl (C=O) groups excluding carboxylic acids is 1. The Kier molecular flexibility index (Phi) is 6.13. The molecule has 0 bridgehead atoms. The molecular formula is C19H30N4O2. The molecule has 3 N–H and O–H groups in total. The first-order chi connectivity index (χ1) is 12.2. The van der Waals surface area contributed by atoms with E-state index in [4.69, 9.17) is 0 Å². The molecule has 0 spiro atoms. The number of nitrogens with zero attached hydrogens (tertiary/aromatic N) is 2. The lowest BCUT2D eigenvalue weighted by Gasteiger charge is -2.34. The fourth-order valence-electron chi connectivity index (χ4n) is 3.91. The Hall–Kier alpha value is -1.82. The van der Waals surface area contributed by atoms with Crippen molar-refractivity contribution in [2.24, 2.45) is 5.92 Å². The molecule has 0 aromatic carbocycles. The summed E-state index contributed by atoms with van der Waals surface area (Å²) in [6.07, 6.45) is 8.00. The van der Waals surface area contributed by atoms with Crippen LogP contribution in [-0.4, -0.2) is 47.9 Å².